The lowest BCUT2D eigenvalue weighted by molar-refractivity contribution is -0.870. The second-order valence-electron chi connectivity index (χ2n) is 25.5. The van der Waals surface area contributed by atoms with E-state index in [2.05, 4.69) is 160 Å². The van der Waals surface area contributed by atoms with Crippen LogP contribution >= 0.6 is 0 Å². The lowest BCUT2D eigenvalue weighted by atomic mass is 10.0. The number of carbonyl (C=O) groups is 3. The van der Waals surface area contributed by atoms with Crippen molar-refractivity contribution >= 4 is 17.9 Å². The topological polar surface area (TPSA) is 108 Å². The number of ether oxygens (including phenoxy) is 4. The first-order chi connectivity index (χ1) is 44.6. The molecule has 0 aromatic rings. The fourth-order valence-corrected chi connectivity index (χ4v) is 10.0. The minimum absolute atomic E-state index is 0.181. The van der Waals surface area contributed by atoms with Crippen LogP contribution in [0.2, 0.25) is 0 Å². The summed E-state index contributed by atoms with van der Waals surface area (Å²) in [4.78, 5) is 37.7. The van der Waals surface area contributed by atoms with Crippen molar-refractivity contribution in [3.05, 3.63) is 146 Å². The van der Waals surface area contributed by atoms with Gasteiger partial charge in [-0.15, -0.1) is 0 Å². The van der Waals surface area contributed by atoms with Crippen LogP contribution in [0, 0.1) is 0 Å². The highest BCUT2D eigenvalue weighted by Gasteiger charge is 2.25. The fraction of sp³-hybridized carbons (Fsp3) is 0.671. The smallest absolute Gasteiger partial charge is 0.361 e. The molecule has 0 aliphatic heterocycles. The van der Waals surface area contributed by atoms with Crippen LogP contribution in [0.25, 0.3) is 0 Å². The average molecular weight is 1270 g/mol. The summed E-state index contributed by atoms with van der Waals surface area (Å²) in [6.45, 7) is 4.65. The Kier molecular flexibility index (Phi) is 67.3. The highest BCUT2D eigenvalue weighted by atomic mass is 16.7. The van der Waals surface area contributed by atoms with Gasteiger partial charge in [-0.25, -0.2) is 4.79 Å². The number of unbranched alkanes of at least 4 members (excludes halogenated alkanes) is 28. The molecule has 0 amide bonds. The van der Waals surface area contributed by atoms with E-state index < -0.39 is 24.3 Å². The Hall–Kier alpha value is -4.83. The highest BCUT2D eigenvalue weighted by Crippen LogP contribution is 2.17. The van der Waals surface area contributed by atoms with Crippen molar-refractivity contribution in [3.8, 4) is 0 Å². The van der Waals surface area contributed by atoms with Gasteiger partial charge in [0.25, 0.3) is 6.29 Å². The third kappa shape index (κ3) is 72.5. The zero-order valence-electron chi connectivity index (χ0n) is 59.2. The summed E-state index contributed by atoms with van der Waals surface area (Å²) in [5, 5.41) is 9.76. The Morgan fingerprint density at radius 1 is 0.330 bits per heavy atom. The van der Waals surface area contributed by atoms with Crippen LogP contribution in [0.15, 0.2) is 146 Å². The Bertz CT molecular complexity index is 2010. The largest absolute Gasteiger partial charge is 0.477 e. The molecule has 0 aliphatic rings. The Labute approximate surface area is 560 Å². The Morgan fingerprint density at radius 2 is 0.593 bits per heavy atom. The first-order valence-electron chi connectivity index (χ1n) is 37.0. The maximum Gasteiger partial charge on any atom is 0.361 e. The third-order valence-corrected chi connectivity index (χ3v) is 15.6. The van der Waals surface area contributed by atoms with Gasteiger partial charge in [0.1, 0.15) is 13.2 Å². The first-order valence-corrected chi connectivity index (χ1v) is 37.0. The second-order valence-corrected chi connectivity index (χ2v) is 25.5. The molecule has 0 aromatic heterocycles. The normalized spacial score (nSPS) is 13.5. The first kappa shape index (κ1) is 86.2. The molecule has 0 fully saturated rings. The summed E-state index contributed by atoms with van der Waals surface area (Å²) in [6.07, 6.45) is 101. The lowest BCUT2D eigenvalue weighted by Crippen LogP contribution is -2.40. The van der Waals surface area contributed by atoms with Gasteiger partial charge in [0.2, 0.25) is 0 Å². The summed E-state index contributed by atoms with van der Waals surface area (Å²) >= 11 is 0. The van der Waals surface area contributed by atoms with E-state index in [0.717, 1.165) is 122 Å². The van der Waals surface area contributed by atoms with E-state index in [0.29, 0.717) is 23.9 Å². The summed E-state index contributed by atoms with van der Waals surface area (Å²) in [7, 11) is 5.97. The minimum Gasteiger partial charge on any atom is -0.477 e. The van der Waals surface area contributed by atoms with E-state index in [4.69, 9.17) is 18.9 Å². The molecule has 91 heavy (non-hydrogen) atoms. The predicted octanol–water partition coefficient (Wildman–Crippen LogP) is 23.5. The van der Waals surface area contributed by atoms with Crippen molar-refractivity contribution in [1.82, 2.24) is 0 Å². The quantitative estimate of drug-likeness (QED) is 0.0211. The number of carboxylic acids is 1. The van der Waals surface area contributed by atoms with Gasteiger partial charge >= 0.3 is 17.9 Å². The van der Waals surface area contributed by atoms with Crippen LogP contribution in [0.4, 0.5) is 0 Å². The maximum atomic E-state index is 13.0. The molecule has 2 unspecified atom stereocenters. The molecule has 0 aliphatic carbocycles. The van der Waals surface area contributed by atoms with Crippen LogP contribution in [-0.2, 0) is 33.3 Å². The predicted molar refractivity (Wildman–Crippen MR) is 391 cm³/mol. The number of quaternary nitrogens is 1. The number of hydrogen-bond donors (Lipinski definition) is 1. The Morgan fingerprint density at radius 3 is 0.879 bits per heavy atom. The standard InChI is InChI=1S/C82H137NO8/c1-6-8-10-12-14-16-18-20-22-24-26-28-30-32-34-36-38-39-40-41-43-44-46-48-50-52-54-56-58-60-62-64-66-68-70-72-79(84)89-76-78(77-90-82(81(86)87)88-75-74-83(3,4)5)91-80(85)73-71-69-67-65-63-61-59-57-55-53-51-49-47-45-42-37-35-33-31-29-27-25-23-21-19-17-15-13-11-9-7-2/h8-11,14-17,20-23,26-29,32-35,42,45,49,51,78,82H,6-7,12-13,18-19,24-25,30-31,36-41,43-44,46-48,50,52-77H2,1-5H3/p+1/b10-8-,11-9-,16-14-,17-15-,22-20-,23-21-,28-26-,29-27-,34-32-,35-33-,45-42-,51-49-. The van der Waals surface area contributed by atoms with Crippen molar-refractivity contribution in [3.63, 3.8) is 0 Å². The molecule has 0 aromatic carbocycles. The number of carbonyl (C=O) groups excluding carboxylic acids is 2. The number of esters is 2. The van der Waals surface area contributed by atoms with Gasteiger partial charge in [-0.05, 0) is 116 Å². The molecule has 0 radical (unpaired) electrons. The summed E-state index contributed by atoms with van der Waals surface area (Å²) in [6, 6.07) is 0. The number of aliphatic carboxylic acids is 1. The zero-order valence-corrected chi connectivity index (χ0v) is 59.2. The zero-order chi connectivity index (χ0) is 66.1. The number of likely N-dealkylation sites (N-methyl/N-ethyl adjacent to an activating group) is 1. The van der Waals surface area contributed by atoms with Crippen LogP contribution < -0.4 is 0 Å². The van der Waals surface area contributed by atoms with Crippen LogP contribution in [-0.4, -0.2) is 87.4 Å². The van der Waals surface area contributed by atoms with Crippen molar-refractivity contribution in [2.75, 3.05) is 47.5 Å². The van der Waals surface area contributed by atoms with Crippen molar-refractivity contribution < 1.29 is 42.9 Å². The molecule has 9 nitrogen and oxygen atoms in total. The minimum atomic E-state index is -1.52. The molecular weight excluding hydrogens is 1130 g/mol. The summed E-state index contributed by atoms with van der Waals surface area (Å²) in [5.74, 6) is -2.01. The van der Waals surface area contributed by atoms with E-state index in [1.807, 2.05) is 21.1 Å². The van der Waals surface area contributed by atoms with Crippen LogP contribution in [0.1, 0.15) is 296 Å². The molecule has 0 saturated heterocycles. The van der Waals surface area contributed by atoms with Gasteiger partial charge in [-0.3, -0.25) is 9.59 Å². The summed E-state index contributed by atoms with van der Waals surface area (Å²) in [5.41, 5.74) is 0. The molecule has 9 heteroatoms. The molecule has 2 atom stereocenters. The van der Waals surface area contributed by atoms with E-state index in [9.17, 15) is 19.5 Å². The summed E-state index contributed by atoms with van der Waals surface area (Å²) < 4.78 is 23.0. The van der Waals surface area contributed by atoms with Gasteiger partial charge < -0.3 is 28.5 Å². The van der Waals surface area contributed by atoms with Crippen molar-refractivity contribution in [2.45, 2.75) is 309 Å². The number of carboxylic acid groups (broad SMARTS) is 1. The monoisotopic (exact) mass is 1270 g/mol. The SMILES string of the molecule is CC/C=C\C/C=C\C/C=C\C/C=C\C/C=C\C/C=C\C/C=C\CCCCCCCCCCCC(=O)OC(COC(=O)CCCCCCCCCCCCCCCCCCCCC/C=C\C/C=C\C/C=C\C/C=C\C/C=C\CC)COC(OCC[N+](C)(C)C)C(=O)O. The fourth-order valence-electron chi connectivity index (χ4n) is 10.0. The molecule has 0 spiro atoms. The molecule has 1 N–H and O–H groups in total. The van der Waals surface area contributed by atoms with Crippen molar-refractivity contribution in [2.24, 2.45) is 0 Å². The number of hydrogen-bond acceptors (Lipinski definition) is 7. The lowest BCUT2D eigenvalue weighted by Gasteiger charge is -2.25. The molecule has 0 saturated carbocycles. The molecule has 0 bridgehead atoms. The van der Waals surface area contributed by atoms with Gasteiger partial charge in [0.15, 0.2) is 6.10 Å². The highest BCUT2D eigenvalue weighted by molar-refractivity contribution is 5.71. The number of allylic oxidation sites excluding steroid dienone is 24. The average Bonchev–Trinajstić information content (AvgIpc) is 3.65. The van der Waals surface area contributed by atoms with Gasteiger partial charge in [0, 0.05) is 12.8 Å². The van der Waals surface area contributed by atoms with E-state index >= 15 is 0 Å². The van der Waals surface area contributed by atoms with Crippen LogP contribution in [0.5, 0.6) is 0 Å². The van der Waals surface area contributed by atoms with Gasteiger partial charge in [-0.2, -0.15) is 0 Å². The number of nitrogens with zero attached hydrogens (tertiary/aromatic N) is 1. The molecule has 0 heterocycles. The van der Waals surface area contributed by atoms with E-state index in [1.54, 1.807) is 0 Å². The maximum absolute atomic E-state index is 13.0. The number of rotatable bonds is 67. The molecule has 518 valence electrons. The Balaban J connectivity index is 4.11. The second kappa shape index (κ2) is 71.0. The van der Waals surface area contributed by atoms with E-state index in [1.165, 1.54) is 141 Å². The van der Waals surface area contributed by atoms with Gasteiger partial charge in [-0.1, -0.05) is 314 Å². The molecule has 0 rings (SSSR count). The van der Waals surface area contributed by atoms with E-state index in [-0.39, 0.29) is 32.2 Å². The third-order valence-electron chi connectivity index (χ3n) is 15.6. The van der Waals surface area contributed by atoms with Crippen LogP contribution in [0.3, 0.4) is 0 Å². The van der Waals surface area contributed by atoms with Crippen molar-refractivity contribution in [1.29, 1.82) is 0 Å². The van der Waals surface area contributed by atoms with Gasteiger partial charge in [0.05, 0.1) is 34.4 Å². The molecular formula is C82H138NO8+.